The lowest BCUT2D eigenvalue weighted by molar-refractivity contribution is 0.256. The fourth-order valence-corrected chi connectivity index (χ4v) is 3.51. The summed E-state index contributed by atoms with van der Waals surface area (Å²) in [6.07, 6.45) is 8.68. The number of rotatable bonds is 4. The van der Waals surface area contributed by atoms with Crippen molar-refractivity contribution in [3.05, 3.63) is 11.7 Å². The molecule has 3 rings (SSSR count). The van der Waals surface area contributed by atoms with Gasteiger partial charge in [-0.1, -0.05) is 24.9 Å². The molecule has 106 valence electrons. The van der Waals surface area contributed by atoms with E-state index >= 15 is 0 Å². The van der Waals surface area contributed by atoms with Crippen LogP contribution in [0.4, 0.5) is 0 Å². The summed E-state index contributed by atoms with van der Waals surface area (Å²) in [7, 11) is 0. The van der Waals surface area contributed by atoms with Crippen molar-refractivity contribution < 1.29 is 4.52 Å². The Hall–Kier alpha value is -0.900. The van der Waals surface area contributed by atoms with Crippen LogP contribution >= 0.6 is 0 Å². The van der Waals surface area contributed by atoms with E-state index in [0.29, 0.717) is 11.8 Å². The number of nitrogens with zero attached hydrogens (tertiary/aromatic N) is 2. The number of hydrogen-bond acceptors (Lipinski definition) is 4. The van der Waals surface area contributed by atoms with Gasteiger partial charge in [-0.3, -0.25) is 0 Å². The quantitative estimate of drug-likeness (QED) is 0.907. The minimum absolute atomic E-state index is 0.559. The molecule has 4 nitrogen and oxygen atoms in total. The fraction of sp³-hybridized carbons (Fsp3) is 0.867. The normalized spacial score (nSPS) is 26.7. The summed E-state index contributed by atoms with van der Waals surface area (Å²) in [5.41, 5.74) is 0. The molecule has 0 radical (unpaired) electrons. The molecule has 2 atom stereocenters. The SMILES string of the molecule is CC(Cc1nc(C2CCCC2)no1)C1CCCNC1. The third-order valence-electron chi connectivity index (χ3n) is 4.84. The average Bonchev–Trinajstić information content (AvgIpc) is 3.10. The second kappa shape index (κ2) is 6.04. The zero-order valence-electron chi connectivity index (χ0n) is 11.9. The lowest BCUT2D eigenvalue weighted by Crippen LogP contribution is -2.33. The minimum atomic E-state index is 0.559. The van der Waals surface area contributed by atoms with E-state index in [1.165, 1.54) is 45.1 Å². The predicted octanol–water partition coefficient (Wildman–Crippen LogP) is 2.91. The Bertz CT molecular complexity index is 392. The molecule has 0 bridgehead atoms. The molecule has 1 aliphatic carbocycles. The maximum Gasteiger partial charge on any atom is 0.226 e. The van der Waals surface area contributed by atoms with Crippen molar-refractivity contribution in [3.63, 3.8) is 0 Å². The third-order valence-corrected chi connectivity index (χ3v) is 4.84. The molecule has 4 heteroatoms. The van der Waals surface area contributed by atoms with Crippen LogP contribution in [0.15, 0.2) is 4.52 Å². The van der Waals surface area contributed by atoms with Gasteiger partial charge in [-0.05, 0) is 50.6 Å². The first-order valence-corrected chi connectivity index (χ1v) is 7.86. The maximum atomic E-state index is 5.46. The maximum absolute atomic E-state index is 5.46. The van der Waals surface area contributed by atoms with Gasteiger partial charge in [0.05, 0.1) is 0 Å². The van der Waals surface area contributed by atoms with E-state index in [2.05, 4.69) is 22.4 Å². The minimum Gasteiger partial charge on any atom is -0.339 e. The molecular formula is C15H25N3O. The largest absolute Gasteiger partial charge is 0.339 e. The molecular weight excluding hydrogens is 238 g/mol. The van der Waals surface area contributed by atoms with E-state index in [1.54, 1.807) is 0 Å². The molecule has 1 saturated heterocycles. The van der Waals surface area contributed by atoms with Crippen LogP contribution in [0.5, 0.6) is 0 Å². The monoisotopic (exact) mass is 263 g/mol. The highest BCUT2D eigenvalue weighted by atomic mass is 16.5. The second-order valence-electron chi connectivity index (χ2n) is 6.32. The highest BCUT2D eigenvalue weighted by Crippen LogP contribution is 2.32. The first kappa shape index (κ1) is 13.1. The van der Waals surface area contributed by atoms with E-state index in [0.717, 1.165) is 30.6 Å². The van der Waals surface area contributed by atoms with E-state index in [9.17, 15) is 0 Å². The van der Waals surface area contributed by atoms with Crippen LogP contribution in [0.2, 0.25) is 0 Å². The lowest BCUT2D eigenvalue weighted by Gasteiger charge is -2.27. The first-order valence-electron chi connectivity index (χ1n) is 7.86. The standard InChI is InChI=1S/C15H25N3O/c1-11(13-7-4-8-16-10-13)9-14-17-15(18-19-14)12-5-2-3-6-12/h11-13,16H,2-10H2,1H3. The van der Waals surface area contributed by atoms with Crippen LogP contribution in [0.3, 0.4) is 0 Å². The summed E-state index contributed by atoms with van der Waals surface area (Å²) in [6, 6.07) is 0. The number of aromatic nitrogens is 2. The van der Waals surface area contributed by atoms with Gasteiger partial charge in [0, 0.05) is 12.3 Å². The van der Waals surface area contributed by atoms with E-state index in [-0.39, 0.29) is 0 Å². The Kier molecular flexibility index (Phi) is 4.16. The van der Waals surface area contributed by atoms with Gasteiger partial charge >= 0.3 is 0 Å². The fourth-order valence-electron chi connectivity index (χ4n) is 3.51. The van der Waals surface area contributed by atoms with Gasteiger partial charge < -0.3 is 9.84 Å². The van der Waals surface area contributed by atoms with Crippen LogP contribution in [-0.4, -0.2) is 23.2 Å². The molecule has 19 heavy (non-hydrogen) atoms. The van der Waals surface area contributed by atoms with Crippen molar-refractivity contribution in [1.82, 2.24) is 15.5 Å². The molecule has 0 spiro atoms. The second-order valence-corrected chi connectivity index (χ2v) is 6.32. The molecule has 1 aromatic rings. The zero-order chi connectivity index (χ0) is 13.1. The Labute approximate surface area is 115 Å². The lowest BCUT2D eigenvalue weighted by atomic mass is 9.85. The average molecular weight is 263 g/mol. The van der Waals surface area contributed by atoms with E-state index in [1.807, 2.05) is 0 Å². The topological polar surface area (TPSA) is 51.0 Å². The molecule has 1 saturated carbocycles. The molecule has 2 aliphatic rings. The molecule has 2 fully saturated rings. The molecule has 1 aliphatic heterocycles. The highest BCUT2D eigenvalue weighted by Gasteiger charge is 2.25. The summed E-state index contributed by atoms with van der Waals surface area (Å²) in [5.74, 6) is 3.76. The van der Waals surface area contributed by atoms with Crippen molar-refractivity contribution in [2.24, 2.45) is 11.8 Å². The molecule has 2 unspecified atom stereocenters. The van der Waals surface area contributed by atoms with Crippen molar-refractivity contribution in [2.45, 2.75) is 57.8 Å². The van der Waals surface area contributed by atoms with Gasteiger partial charge in [-0.25, -0.2) is 0 Å². The zero-order valence-corrected chi connectivity index (χ0v) is 11.9. The van der Waals surface area contributed by atoms with Gasteiger partial charge in [-0.2, -0.15) is 4.98 Å². The third kappa shape index (κ3) is 3.16. The first-order chi connectivity index (χ1) is 9.33. The highest BCUT2D eigenvalue weighted by molar-refractivity contribution is 4.98. The number of piperidine rings is 1. The van der Waals surface area contributed by atoms with Crippen LogP contribution in [0.25, 0.3) is 0 Å². The molecule has 2 heterocycles. The van der Waals surface area contributed by atoms with Gasteiger partial charge in [0.2, 0.25) is 5.89 Å². The van der Waals surface area contributed by atoms with Crippen molar-refractivity contribution >= 4 is 0 Å². The Morgan fingerprint density at radius 1 is 1.26 bits per heavy atom. The van der Waals surface area contributed by atoms with Crippen molar-refractivity contribution in [3.8, 4) is 0 Å². The summed E-state index contributed by atoms with van der Waals surface area (Å²) < 4.78 is 5.46. The molecule has 0 amide bonds. The summed E-state index contributed by atoms with van der Waals surface area (Å²) in [5, 5.41) is 7.68. The van der Waals surface area contributed by atoms with Gasteiger partial charge in [0.15, 0.2) is 5.82 Å². The predicted molar refractivity (Wildman–Crippen MR) is 74.0 cm³/mol. The van der Waals surface area contributed by atoms with Crippen LogP contribution in [-0.2, 0) is 6.42 Å². The Morgan fingerprint density at radius 3 is 2.84 bits per heavy atom. The van der Waals surface area contributed by atoms with Gasteiger partial charge in [0.1, 0.15) is 0 Å². The van der Waals surface area contributed by atoms with Gasteiger partial charge in [0.25, 0.3) is 0 Å². The molecule has 0 aromatic carbocycles. The van der Waals surface area contributed by atoms with Crippen LogP contribution in [0, 0.1) is 11.8 Å². The van der Waals surface area contributed by atoms with Crippen LogP contribution < -0.4 is 5.32 Å². The smallest absolute Gasteiger partial charge is 0.226 e. The van der Waals surface area contributed by atoms with Gasteiger partial charge in [-0.15, -0.1) is 0 Å². The van der Waals surface area contributed by atoms with Crippen molar-refractivity contribution in [2.75, 3.05) is 13.1 Å². The summed E-state index contributed by atoms with van der Waals surface area (Å²) in [4.78, 5) is 4.63. The molecule has 1 aromatic heterocycles. The number of hydrogen-bond donors (Lipinski definition) is 1. The van der Waals surface area contributed by atoms with E-state index < -0.39 is 0 Å². The Morgan fingerprint density at radius 2 is 2.11 bits per heavy atom. The van der Waals surface area contributed by atoms with E-state index in [4.69, 9.17) is 4.52 Å². The Balaban J connectivity index is 1.56. The summed E-state index contributed by atoms with van der Waals surface area (Å²) in [6.45, 7) is 4.64. The van der Waals surface area contributed by atoms with Crippen molar-refractivity contribution in [1.29, 1.82) is 0 Å². The summed E-state index contributed by atoms with van der Waals surface area (Å²) >= 11 is 0. The number of nitrogens with one attached hydrogen (secondary N) is 1. The van der Waals surface area contributed by atoms with Crippen LogP contribution in [0.1, 0.15) is 63.1 Å². The molecule has 1 N–H and O–H groups in total.